The Morgan fingerprint density at radius 3 is 2.52 bits per heavy atom. The Morgan fingerprint density at radius 2 is 1.84 bits per heavy atom. The van der Waals surface area contributed by atoms with Gasteiger partial charge in [0, 0.05) is 29.4 Å². The zero-order valence-corrected chi connectivity index (χ0v) is 14.6. The molecule has 2 heterocycles. The first-order valence-corrected chi connectivity index (χ1v) is 8.84. The molecule has 2 aliphatic rings. The van der Waals surface area contributed by atoms with Gasteiger partial charge in [-0.15, -0.1) is 0 Å². The van der Waals surface area contributed by atoms with Crippen LogP contribution >= 0.6 is 0 Å². The van der Waals surface area contributed by atoms with E-state index in [9.17, 15) is 0 Å². The van der Waals surface area contributed by atoms with Crippen molar-refractivity contribution in [1.82, 2.24) is 19.9 Å². The molecule has 0 radical (unpaired) electrons. The minimum atomic E-state index is 0.466. The highest BCUT2D eigenvalue weighted by Crippen LogP contribution is 2.32. The number of nitrogens with one attached hydrogen (secondary N) is 1. The van der Waals surface area contributed by atoms with Crippen molar-refractivity contribution in [2.24, 2.45) is 16.8 Å². The van der Waals surface area contributed by atoms with Crippen molar-refractivity contribution in [3.05, 3.63) is 36.3 Å². The molecule has 2 aromatic rings. The Bertz CT molecular complexity index is 819. The van der Waals surface area contributed by atoms with E-state index >= 15 is 0 Å². The van der Waals surface area contributed by atoms with Crippen molar-refractivity contribution in [2.75, 3.05) is 5.32 Å². The van der Waals surface area contributed by atoms with Gasteiger partial charge in [-0.1, -0.05) is 6.08 Å². The summed E-state index contributed by atoms with van der Waals surface area (Å²) in [5, 5.41) is 3.30. The Labute approximate surface area is 147 Å². The zero-order chi connectivity index (χ0) is 17.2. The number of aliphatic imine (C=N–C) groups is 1. The number of hydrogen-bond acceptors (Lipinski definition) is 6. The highest BCUT2D eigenvalue weighted by molar-refractivity contribution is 5.88. The maximum absolute atomic E-state index is 4.63. The van der Waals surface area contributed by atoms with Crippen LogP contribution in [0.3, 0.4) is 0 Å². The molecule has 128 valence electrons. The van der Waals surface area contributed by atoms with Crippen LogP contribution in [0, 0.1) is 11.8 Å². The molecule has 2 aliphatic carbocycles. The summed E-state index contributed by atoms with van der Waals surface area (Å²) in [4.78, 5) is 22.3. The van der Waals surface area contributed by atoms with Crippen LogP contribution in [-0.2, 0) is 0 Å². The van der Waals surface area contributed by atoms with E-state index in [1.807, 2.05) is 19.1 Å². The van der Waals surface area contributed by atoms with Gasteiger partial charge in [-0.2, -0.15) is 15.0 Å². The summed E-state index contributed by atoms with van der Waals surface area (Å²) in [5.41, 5.74) is 3.08. The first kappa shape index (κ1) is 15.9. The number of aromatic nitrogens is 4. The van der Waals surface area contributed by atoms with Gasteiger partial charge in [0.05, 0.1) is 0 Å². The summed E-state index contributed by atoms with van der Waals surface area (Å²) < 4.78 is 0. The summed E-state index contributed by atoms with van der Waals surface area (Å²) in [7, 11) is 0. The van der Waals surface area contributed by atoms with Crippen LogP contribution in [0.1, 0.15) is 39.5 Å². The van der Waals surface area contributed by atoms with Crippen LogP contribution in [0.15, 0.2) is 41.3 Å². The van der Waals surface area contributed by atoms with E-state index in [1.54, 1.807) is 12.4 Å². The van der Waals surface area contributed by atoms with Gasteiger partial charge in [0.2, 0.25) is 5.95 Å². The molecule has 0 spiro atoms. The predicted molar refractivity (Wildman–Crippen MR) is 98.7 cm³/mol. The number of allylic oxidation sites excluding steroid dienone is 2. The van der Waals surface area contributed by atoms with Crippen molar-refractivity contribution in [1.29, 1.82) is 0 Å². The second-order valence-corrected chi connectivity index (χ2v) is 6.86. The van der Waals surface area contributed by atoms with E-state index in [4.69, 9.17) is 0 Å². The third-order valence-electron chi connectivity index (χ3n) is 4.42. The maximum atomic E-state index is 4.63. The largest absolute Gasteiger partial charge is 0.328 e. The molecule has 0 aromatic carbocycles. The highest BCUT2D eigenvalue weighted by atomic mass is 15.2. The number of pyridine rings is 1. The molecule has 1 N–H and O–H groups in total. The van der Waals surface area contributed by atoms with Gasteiger partial charge < -0.3 is 5.32 Å². The van der Waals surface area contributed by atoms with Crippen LogP contribution in [0.2, 0.25) is 0 Å². The summed E-state index contributed by atoms with van der Waals surface area (Å²) in [6.07, 6.45) is 10.7. The van der Waals surface area contributed by atoms with Gasteiger partial charge in [0.1, 0.15) is 0 Å². The van der Waals surface area contributed by atoms with Crippen molar-refractivity contribution >= 4 is 17.6 Å². The number of nitrogens with zero attached hydrogens (tertiary/aromatic N) is 5. The van der Waals surface area contributed by atoms with Crippen LogP contribution in [-0.4, -0.2) is 25.6 Å². The van der Waals surface area contributed by atoms with E-state index in [1.165, 1.54) is 25.7 Å². The standard InChI is InChI=1S/C19H22N6/c1-12(11-14-3-4-14)21-18-23-17(16-7-9-20-10-8-16)24-19(25-18)22-13(2)15-5-6-15/h7-11,14-15H,3-6H2,1-2H3,(H,21,23,24,25). The molecule has 6 nitrogen and oxygen atoms in total. The van der Waals surface area contributed by atoms with Gasteiger partial charge in [0.15, 0.2) is 5.82 Å². The molecule has 0 bridgehead atoms. The zero-order valence-electron chi connectivity index (χ0n) is 14.6. The summed E-state index contributed by atoms with van der Waals surface area (Å²) >= 11 is 0. The summed E-state index contributed by atoms with van der Waals surface area (Å²) in [5.74, 6) is 2.91. The topological polar surface area (TPSA) is 76.0 Å². The van der Waals surface area contributed by atoms with Gasteiger partial charge in [-0.25, -0.2) is 4.99 Å². The highest BCUT2D eigenvalue weighted by Gasteiger charge is 2.25. The Kier molecular flexibility index (Phi) is 4.26. The quantitative estimate of drug-likeness (QED) is 0.803. The third kappa shape index (κ3) is 4.26. The summed E-state index contributed by atoms with van der Waals surface area (Å²) in [6, 6.07) is 3.79. The Morgan fingerprint density at radius 1 is 1.08 bits per heavy atom. The lowest BCUT2D eigenvalue weighted by Crippen LogP contribution is -2.05. The fourth-order valence-corrected chi connectivity index (χ4v) is 2.69. The molecule has 0 amide bonds. The van der Waals surface area contributed by atoms with Gasteiger partial charge in [0.25, 0.3) is 5.95 Å². The Hall–Kier alpha value is -2.63. The number of rotatable bonds is 6. The van der Waals surface area contributed by atoms with Crippen molar-refractivity contribution in [3.8, 4) is 11.4 Å². The normalized spacial score (nSPS) is 18.3. The third-order valence-corrected chi connectivity index (χ3v) is 4.42. The van der Waals surface area contributed by atoms with Crippen LogP contribution in [0.25, 0.3) is 11.4 Å². The second kappa shape index (κ2) is 6.70. The molecular weight excluding hydrogens is 312 g/mol. The minimum absolute atomic E-state index is 0.466. The van der Waals surface area contributed by atoms with E-state index in [2.05, 4.69) is 43.2 Å². The lowest BCUT2D eigenvalue weighted by molar-refractivity contribution is 1.02. The number of anilines is 1. The molecular formula is C19H22N6. The fourth-order valence-electron chi connectivity index (χ4n) is 2.69. The lowest BCUT2D eigenvalue weighted by Gasteiger charge is -2.08. The van der Waals surface area contributed by atoms with E-state index in [-0.39, 0.29) is 0 Å². The molecule has 4 rings (SSSR count). The molecule has 6 heteroatoms. The first-order valence-electron chi connectivity index (χ1n) is 8.84. The van der Waals surface area contributed by atoms with Gasteiger partial charge in [-0.3, -0.25) is 4.98 Å². The SMILES string of the molecule is CC(=CC1CC1)Nc1nc(N=C(C)C2CC2)nc(-c2ccncc2)n1. The minimum Gasteiger partial charge on any atom is -0.328 e. The first-order chi connectivity index (χ1) is 12.2. The summed E-state index contributed by atoms with van der Waals surface area (Å²) in [6.45, 7) is 4.10. The monoisotopic (exact) mass is 334 g/mol. The average Bonchev–Trinajstić information content (AvgIpc) is 3.49. The second-order valence-electron chi connectivity index (χ2n) is 6.86. The van der Waals surface area contributed by atoms with E-state index in [0.717, 1.165) is 17.0 Å². The molecule has 25 heavy (non-hydrogen) atoms. The van der Waals surface area contributed by atoms with Crippen molar-refractivity contribution in [3.63, 3.8) is 0 Å². The molecule has 0 unspecified atom stereocenters. The lowest BCUT2D eigenvalue weighted by atomic mass is 10.2. The van der Waals surface area contributed by atoms with Crippen LogP contribution in [0.5, 0.6) is 0 Å². The van der Waals surface area contributed by atoms with E-state index < -0.39 is 0 Å². The number of hydrogen-bond donors (Lipinski definition) is 1. The molecule has 2 fully saturated rings. The average molecular weight is 334 g/mol. The maximum Gasteiger partial charge on any atom is 0.254 e. The van der Waals surface area contributed by atoms with E-state index in [0.29, 0.717) is 29.6 Å². The van der Waals surface area contributed by atoms with Crippen molar-refractivity contribution in [2.45, 2.75) is 39.5 Å². The molecule has 0 atom stereocenters. The van der Waals surface area contributed by atoms with Crippen LogP contribution in [0.4, 0.5) is 11.9 Å². The molecule has 0 aliphatic heterocycles. The van der Waals surface area contributed by atoms with Crippen molar-refractivity contribution < 1.29 is 0 Å². The van der Waals surface area contributed by atoms with Gasteiger partial charge >= 0.3 is 0 Å². The smallest absolute Gasteiger partial charge is 0.254 e. The fraction of sp³-hybridized carbons (Fsp3) is 0.421. The van der Waals surface area contributed by atoms with Gasteiger partial charge in [-0.05, 0) is 63.5 Å². The molecule has 2 aromatic heterocycles. The molecule has 2 saturated carbocycles. The van der Waals surface area contributed by atoms with Crippen LogP contribution < -0.4 is 5.32 Å². The molecule has 0 saturated heterocycles. The predicted octanol–water partition coefficient (Wildman–Crippen LogP) is 4.16. The Balaban J connectivity index is 1.67.